The lowest BCUT2D eigenvalue weighted by atomic mass is 9.87. The summed E-state index contributed by atoms with van der Waals surface area (Å²) in [5.41, 5.74) is -1.77. The molecule has 5 heteroatoms. The third-order valence-corrected chi connectivity index (χ3v) is 1.69. The number of aliphatic hydroxyl groups is 1. The van der Waals surface area contributed by atoms with Gasteiger partial charge in [-0.05, 0) is 0 Å². The van der Waals surface area contributed by atoms with Gasteiger partial charge in [0.15, 0.2) is 6.10 Å². The quantitative estimate of drug-likeness (QED) is 0.657. The Kier molecular flexibility index (Phi) is 3.57. The van der Waals surface area contributed by atoms with Crippen LogP contribution in [0.1, 0.15) is 13.8 Å². The number of carbonyl (C=O) groups is 1. The summed E-state index contributed by atoms with van der Waals surface area (Å²) < 4.78 is 28.5. The van der Waals surface area contributed by atoms with Crippen molar-refractivity contribution in [3.63, 3.8) is 0 Å². The van der Waals surface area contributed by atoms with Crippen LogP contribution >= 0.6 is 0 Å². The Labute approximate surface area is 69.3 Å². The van der Waals surface area contributed by atoms with E-state index in [-0.39, 0.29) is 0 Å². The molecule has 0 spiro atoms. The highest BCUT2D eigenvalue weighted by atomic mass is 19.3. The van der Waals surface area contributed by atoms with Crippen LogP contribution in [0.25, 0.3) is 0 Å². The van der Waals surface area contributed by atoms with Crippen LogP contribution in [0.2, 0.25) is 0 Å². The summed E-state index contributed by atoms with van der Waals surface area (Å²) in [6.07, 6.45) is -4.56. The zero-order chi connectivity index (χ0) is 9.94. The normalized spacial score (nSPS) is 14.6. The van der Waals surface area contributed by atoms with Crippen molar-refractivity contribution in [2.24, 2.45) is 5.41 Å². The molecule has 1 unspecified atom stereocenters. The Morgan fingerprint density at radius 1 is 1.50 bits per heavy atom. The van der Waals surface area contributed by atoms with E-state index in [0.717, 1.165) is 21.0 Å². The second-order valence-corrected chi connectivity index (χ2v) is 3.05. The summed E-state index contributed by atoms with van der Waals surface area (Å²) >= 11 is 0. The van der Waals surface area contributed by atoms with Gasteiger partial charge in [0.25, 0.3) is 0 Å². The summed E-state index contributed by atoms with van der Waals surface area (Å²) in [6, 6.07) is 0. The summed E-state index contributed by atoms with van der Waals surface area (Å²) in [6.45, 7) is 2.19. The Hall–Kier alpha value is -0.710. The summed E-state index contributed by atoms with van der Waals surface area (Å²) in [7, 11) is 1.03. The maximum atomic E-state index is 12.2. The zero-order valence-corrected chi connectivity index (χ0v) is 7.17. The number of hydrogen-bond donors (Lipinski definition) is 1. The maximum absolute atomic E-state index is 12.2. The van der Waals surface area contributed by atoms with Crippen molar-refractivity contribution in [2.45, 2.75) is 26.4 Å². The predicted octanol–water partition coefficient (Wildman–Crippen LogP) is 0.812. The molecule has 0 saturated heterocycles. The van der Waals surface area contributed by atoms with Crippen molar-refractivity contribution in [3.8, 4) is 0 Å². The molecule has 3 nitrogen and oxygen atoms in total. The van der Waals surface area contributed by atoms with E-state index in [1.54, 1.807) is 0 Å². The zero-order valence-electron chi connectivity index (χ0n) is 7.17. The van der Waals surface area contributed by atoms with E-state index in [1.807, 2.05) is 0 Å². The lowest BCUT2D eigenvalue weighted by Crippen LogP contribution is -2.42. The summed E-state index contributed by atoms with van der Waals surface area (Å²) in [5.74, 6) is -1.04. The first-order chi connectivity index (χ1) is 5.34. The van der Waals surface area contributed by atoms with Crippen molar-refractivity contribution in [1.82, 2.24) is 0 Å². The van der Waals surface area contributed by atoms with Gasteiger partial charge >= 0.3 is 5.97 Å². The number of esters is 1. The molecule has 0 aromatic carbocycles. The molecule has 1 N–H and O–H groups in total. The van der Waals surface area contributed by atoms with Crippen LogP contribution in [-0.4, -0.2) is 30.7 Å². The van der Waals surface area contributed by atoms with Crippen LogP contribution in [0, 0.1) is 5.41 Å². The second-order valence-electron chi connectivity index (χ2n) is 3.05. The molecule has 0 rings (SSSR count). The number of halogens is 2. The Morgan fingerprint density at radius 3 is 2.17 bits per heavy atom. The van der Waals surface area contributed by atoms with Crippen LogP contribution < -0.4 is 0 Å². The molecule has 0 aliphatic heterocycles. The van der Waals surface area contributed by atoms with Crippen LogP contribution in [0.15, 0.2) is 0 Å². The number of carbonyl (C=O) groups excluding carboxylic acids is 1. The number of ether oxygens (including phenoxy) is 1. The van der Waals surface area contributed by atoms with E-state index in [4.69, 9.17) is 5.11 Å². The number of rotatable bonds is 3. The highest BCUT2D eigenvalue weighted by molar-refractivity contribution is 5.75. The lowest BCUT2D eigenvalue weighted by molar-refractivity contribution is -0.164. The van der Waals surface area contributed by atoms with Crippen molar-refractivity contribution in [3.05, 3.63) is 0 Å². The van der Waals surface area contributed by atoms with E-state index >= 15 is 0 Å². The molecule has 1 atom stereocenters. The molecular weight excluding hydrogens is 170 g/mol. The van der Waals surface area contributed by atoms with Crippen molar-refractivity contribution >= 4 is 5.97 Å². The number of alkyl halides is 2. The minimum absolute atomic E-state index is 1.03. The second kappa shape index (κ2) is 3.80. The highest BCUT2D eigenvalue weighted by Crippen LogP contribution is 2.29. The fourth-order valence-corrected chi connectivity index (χ4v) is 0.535. The summed E-state index contributed by atoms with van der Waals surface area (Å²) in [5, 5.41) is 9.06. The fourth-order valence-electron chi connectivity index (χ4n) is 0.535. The standard InChI is InChI=1S/C7H12F2O3/c1-7(2,6(8)9)4(10)5(11)12-3/h4,6,10H,1-3H3. The van der Waals surface area contributed by atoms with Crippen LogP contribution in [0.4, 0.5) is 8.78 Å². The van der Waals surface area contributed by atoms with Gasteiger partial charge in [-0.2, -0.15) is 0 Å². The largest absolute Gasteiger partial charge is 0.467 e. The summed E-state index contributed by atoms with van der Waals surface area (Å²) in [4.78, 5) is 10.7. The number of hydrogen-bond acceptors (Lipinski definition) is 3. The molecule has 0 aromatic rings. The monoisotopic (exact) mass is 182 g/mol. The third kappa shape index (κ3) is 2.14. The first-order valence-electron chi connectivity index (χ1n) is 3.38. The molecule has 0 saturated carbocycles. The molecule has 12 heavy (non-hydrogen) atoms. The minimum atomic E-state index is -2.77. The van der Waals surface area contributed by atoms with Gasteiger partial charge in [0.05, 0.1) is 12.5 Å². The molecule has 0 amide bonds. The first kappa shape index (κ1) is 11.3. The minimum Gasteiger partial charge on any atom is -0.467 e. The molecule has 0 fully saturated rings. The van der Waals surface area contributed by atoms with Gasteiger partial charge in [-0.1, -0.05) is 13.8 Å². The number of aliphatic hydroxyl groups excluding tert-OH is 1. The molecule has 72 valence electrons. The Balaban J connectivity index is 4.45. The molecule has 0 radical (unpaired) electrons. The predicted molar refractivity (Wildman–Crippen MR) is 37.8 cm³/mol. The van der Waals surface area contributed by atoms with E-state index in [0.29, 0.717) is 0 Å². The third-order valence-electron chi connectivity index (χ3n) is 1.69. The van der Waals surface area contributed by atoms with Gasteiger partial charge < -0.3 is 9.84 Å². The average molecular weight is 182 g/mol. The van der Waals surface area contributed by atoms with E-state index in [2.05, 4.69) is 4.74 Å². The fraction of sp³-hybridized carbons (Fsp3) is 0.857. The molecule has 0 aromatic heterocycles. The van der Waals surface area contributed by atoms with Crippen molar-refractivity contribution < 1.29 is 23.4 Å². The van der Waals surface area contributed by atoms with Gasteiger partial charge in [0.1, 0.15) is 0 Å². The first-order valence-corrected chi connectivity index (χ1v) is 3.38. The molecule has 0 aliphatic carbocycles. The van der Waals surface area contributed by atoms with Gasteiger partial charge in [-0.3, -0.25) is 0 Å². The van der Waals surface area contributed by atoms with Gasteiger partial charge in [0, 0.05) is 0 Å². The van der Waals surface area contributed by atoms with E-state index in [9.17, 15) is 13.6 Å². The molecule has 0 aliphatic rings. The molecule has 0 heterocycles. The van der Waals surface area contributed by atoms with E-state index in [1.165, 1.54) is 0 Å². The maximum Gasteiger partial charge on any atom is 0.335 e. The van der Waals surface area contributed by atoms with Crippen LogP contribution in [-0.2, 0) is 9.53 Å². The SMILES string of the molecule is COC(=O)C(O)C(C)(C)C(F)F. The van der Waals surface area contributed by atoms with Gasteiger partial charge in [-0.25, -0.2) is 13.6 Å². The van der Waals surface area contributed by atoms with Gasteiger partial charge in [-0.15, -0.1) is 0 Å². The Bertz CT molecular complexity index is 168. The molecular formula is C7H12F2O3. The number of methoxy groups -OCH3 is 1. The van der Waals surface area contributed by atoms with Crippen molar-refractivity contribution in [2.75, 3.05) is 7.11 Å². The van der Waals surface area contributed by atoms with Gasteiger partial charge in [0.2, 0.25) is 6.43 Å². The topological polar surface area (TPSA) is 46.5 Å². The average Bonchev–Trinajstić information content (AvgIpc) is 2.01. The lowest BCUT2D eigenvalue weighted by Gasteiger charge is -2.27. The van der Waals surface area contributed by atoms with Crippen molar-refractivity contribution in [1.29, 1.82) is 0 Å². The highest BCUT2D eigenvalue weighted by Gasteiger charge is 2.42. The van der Waals surface area contributed by atoms with Crippen LogP contribution in [0.3, 0.4) is 0 Å². The Morgan fingerprint density at radius 2 is 1.92 bits per heavy atom. The van der Waals surface area contributed by atoms with E-state index < -0.39 is 23.9 Å². The molecule has 0 bridgehead atoms. The van der Waals surface area contributed by atoms with Crippen LogP contribution in [0.5, 0.6) is 0 Å². The smallest absolute Gasteiger partial charge is 0.335 e.